The van der Waals surface area contributed by atoms with Crippen LogP contribution in [0.4, 0.5) is 0 Å². The average molecular weight is 429 g/mol. The van der Waals surface area contributed by atoms with Gasteiger partial charge in [-0.3, -0.25) is 0 Å². The Morgan fingerprint density at radius 1 is 0.567 bits per heavy atom. The molecule has 0 aromatic carbocycles. The van der Waals surface area contributed by atoms with Crippen molar-refractivity contribution in [1.82, 2.24) is 0 Å². The Hall–Kier alpha value is -0.165. The van der Waals surface area contributed by atoms with Crippen molar-refractivity contribution in [2.75, 3.05) is 0 Å². The van der Waals surface area contributed by atoms with Crippen molar-refractivity contribution < 1.29 is 44.4 Å². The molecule has 6 atom stereocenters. The minimum Gasteiger partial charge on any atom is -0.856 e. The topological polar surface area (TPSA) is 158 Å². The van der Waals surface area contributed by atoms with Crippen molar-refractivity contribution in [1.29, 1.82) is 0 Å². The first-order chi connectivity index (χ1) is 14.3. The summed E-state index contributed by atoms with van der Waals surface area (Å²) in [5, 5.41) is 68.0. The van der Waals surface area contributed by atoms with Crippen molar-refractivity contribution in [3.63, 3.8) is 0 Å². The maximum absolute atomic E-state index is 12.3. The number of unbranched alkanes of at least 4 members (excludes halogenated alkanes) is 3. The van der Waals surface area contributed by atoms with E-state index in [1.807, 2.05) is 20.8 Å². The summed E-state index contributed by atoms with van der Waals surface area (Å²) in [6.45, 7) is 5.75. The summed E-state index contributed by atoms with van der Waals surface area (Å²) >= 11 is 0. The molecule has 1 aliphatic rings. The van der Waals surface area contributed by atoms with Crippen LogP contribution >= 0.6 is 0 Å². The molecule has 1 aliphatic carbocycles. The lowest BCUT2D eigenvalue weighted by Gasteiger charge is -2.50. The number of rotatable bonds is 15. The molecule has 174 valence electrons. The zero-order valence-electron chi connectivity index (χ0n) is 18.4. The smallest absolute Gasteiger partial charge is 0.183 e. The molecule has 0 aliphatic heterocycles. The van der Waals surface area contributed by atoms with E-state index in [0.29, 0.717) is 19.3 Å². The fourth-order valence-electron chi connectivity index (χ4n) is 3.48. The van der Waals surface area contributed by atoms with Crippen molar-refractivity contribution in [2.24, 2.45) is 0 Å². The normalized spacial score (nSPS) is 29.1. The van der Waals surface area contributed by atoms with E-state index in [9.17, 15) is 30.4 Å². The SMILES string of the molecule is CCCCB([O-])OC1[C@@H](OB([O-])CCCC)[C@@H](O)C(O)[C@H](O)[C@H]1OB([O-])CCCC. The molecule has 1 rings (SSSR count). The largest absolute Gasteiger partial charge is 0.856 e. The van der Waals surface area contributed by atoms with Gasteiger partial charge >= 0.3 is 0 Å². The molecule has 9 nitrogen and oxygen atoms in total. The third-order valence-corrected chi connectivity index (χ3v) is 5.33. The van der Waals surface area contributed by atoms with Gasteiger partial charge in [0.15, 0.2) is 21.4 Å². The van der Waals surface area contributed by atoms with Crippen LogP contribution in [0.25, 0.3) is 0 Å². The van der Waals surface area contributed by atoms with Crippen molar-refractivity contribution >= 4 is 21.4 Å². The Kier molecular flexibility index (Phi) is 13.8. The molecule has 12 heteroatoms. The maximum Gasteiger partial charge on any atom is 0.183 e. The van der Waals surface area contributed by atoms with Crippen LogP contribution in [-0.2, 0) is 14.0 Å². The zero-order valence-corrected chi connectivity index (χ0v) is 18.4. The molecule has 0 radical (unpaired) electrons. The van der Waals surface area contributed by atoms with Gasteiger partial charge in [-0.1, -0.05) is 78.3 Å². The van der Waals surface area contributed by atoms with E-state index in [1.54, 1.807) is 0 Å². The van der Waals surface area contributed by atoms with Gasteiger partial charge in [-0.25, -0.2) is 0 Å². The fraction of sp³-hybridized carbons (Fsp3) is 1.00. The molecule has 2 unspecified atom stereocenters. The lowest BCUT2D eigenvalue weighted by Crippen LogP contribution is -2.69. The van der Waals surface area contributed by atoms with Gasteiger partial charge in [0.2, 0.25) is 0 Å². The summed E-state index contributed by atoms with van der Waals surface area (Å²) in [5.41, 5.74) is 0. The molecule has 30 heavy (non-hydrogen) atoms. The lowest BCUT2D eigenvalue weighted by atomic mass is 9.75. The highest BCUT2D eigenvalue weighted by atomic mass is 16.6. The van der Waals surface area contributed by atoms with E-state index in [4.69, 9.17) is 14.0 Å². The molecule has 0 bridgehead atoms. The highest BCUT2D eigenvalue weighted by Gasteiger charge is 2.51. The van der Waals surface area contributed by atoms with Gasteiger partial charge in [0.05, 0.1) is 18.3 Å². The first-order valence-electron chi connectivity index (χ1n) is 11.2. The Labute approximate surface area is 181 Å². The van der Waals surface area contributed by atoms with Crippen LogP contribution in [0.2, 0.25) is 19.0 Å². The first kappa shape index (κ1) is 27.9. The van der Waals surface area contributed by atoms with Gasteiger partial charge in [0, 0.05) is 0 Å². The second-order valence-corrected chi connectivity index (χ2v) is 7.99. The molecule has 0 amide bonds. The van der Waals surface area contributed by atoms with Crippen LogP contribution < -0.4 is 15.1 Å². The summed E-state index contributed by atoms with van der Waals surface area (Å²) in [5.74, 6) is 0. The van der Waals surface area contributed by atoms with E-state index in [-0.39, 0.29) is 19.0 Å². The van der Waals surface area contributed by atoms with Crippen LogP contribution in [0.15, 0.2) is 0 Å². The zero-order chi connectivity index (χ0) is 22.7. The number of hydrogen-bond donors (Lipinski definition) is 3. The monoisotopic (exact) mass is 429 g/mol. The summed E-state index contributed by atoms with van der Waals surface area (Å²) in [6, 6.07) is 0. The van der Waals surface area contributed by atoms with Crippen LogP contribution in [0, 0.1) is 0 Å². The van der Waals surface area contributed by atoms with E-state index >= 15 is 0 Å². The van der Waals surface area contributed by atoms with Gasteiger partial charge in [0.1, 0.15) is 18.3 Å². The van der Waals surface area contributed by atoms with Crippen LogP contribution in [-0.4, -0.2) is 73.3 Å². The highest BCUT2D eigenvalue weighted by molar-refractivity contribution is 6.41. The summed E-state index contributed by atoms with van der Waals surface area (Å²) in [6.07, 6.45) is -4.53. The Morgan fingerprint density at radius 3 is 1.17 bits per heavy atom. The highest BCUT2D eigenvalue weighted by Crippen LogP contribution is 2.30. The van der Waals surface area contributed by atoms with Crippen LogP contribution in [0.5, 0.6) is 0 Å². The standard InChI is InChI=1S/C18H36B3O9/c1-4-7-10-19(25)28-16-14(23)13(22)15(24)17(29-20(26)11-8-5-2)18(16)30-21(27)12-9-6-3/h13-18,22-24H,4-12H2,1-3H3/q-3/t13?,14-,15-,16-,17+,18?/m0/s1. The second-order valence-electron chi connectivity index (χ2n) is 7.99. The minimum absolute atomic E-state index is 0.175. The fourth-order valence-corrected chi connectivity index (χ4v) is 3.48. The predicted octanol–water partition coefficient (Wildman–Crippen LogP) is -1.82. The van der Waals surface area contributed by atoms with E-state index in [2.05, 4.69) is 0 Å². The molecule has 1 fully saturated rings. The third-order valence-electron chi connectivity index (χ3n) is 5.33. The Bertz CT molecular complexity index is 421. The minimum atomic E-state index is -1.71. The van der Waals surface area contributed by atoms with Crippen LogP contribution in [0.1, 0.15) is 59.3 Å². The number of aliphatic hydroxyl groups excluding tert-OH is 3. The second kappa shape index (κ2) is 14.8. The van der Waals surface area contributed by atoms with E-state index in [0.717, 1.165) is 19.3 Å². The average Bonchev–Trinajstić information content (AvgIpc) is 2.73. The predicted molar refractivity (Wildman–Crippen MR) is 109 cm³/mol. The molecule has 0 heterocycles. The Balaban J connectivity index is 3.05. The van der Waals surface area contributed by atoms with E-state index < -0.39 is 58.0 Å². The van der Waals surface area contributed by atoms with Crippen molar-refractivity contribution in [3.8, 4) is 0 Å². The molecule has 0 spiro atoms. The van der Waals surface area contributed by atoms with Gasteiger partial charge in [0.25, 0.3) is 0 Å². The molecular formula is C18H36B3O9-3. The van der Waals surface area contributed by atoms with Crippen molar-refractivity contribution in [3.05, 3.63) is 0 Å². The quantitative estimate of drug-likeness (QED) is 0.255. The summed E-state index contributed by atoms with van der Waals surface area (Å²) in [7, 11) is -4.53. The van der Waals surface area contributed by atoms with Crippen molar-refractivity contribution in [2.45, 2.75) is 115 Å². The molecule has 3 N–H and O–H groups in total. The number of hydrogen-bond acceptors (Lipinski definition) is 9. The third kappa shape index (κ3) is 8.76. The van der Waals surface area contributed by atoms with Crippen LogP contribution in [0.3, 0.4) is 0 Å². The maximum atomic E-state index is 12.3. The lowest BCUT2D eigenvalue weighted by molar-refractivity contribution is -0.284. The number of aliphatic hydroxyl groups is 3. The summed E-state index contributed by atoms with van der Waals surface area (Å²) < 4.78 is 16.3. The molecule has 1 saturated carbocycles. The molecule has 0 aromatic rings. The first-order valence-corrected chi connectivity index (χ1v) is 11.2. The molecule has 0 aromatic heterocycles. The van der Waals surface area contributed by atoms with Gasteiger partial charge in [-0.05, 0) is 0 Å². The molecule has 0 saturated heterocycles. The van der Waals surface area contributed by atoms with Gasteiger partial charge in [-0.15, -0.1) is 0 Å². The van der Waals surface area contributed by atoms with E-state index in [1.165, 1.54) is 0 Å². The Morgan fingerprint density at radius 2 is 0.867 bits per heavy atom. The van der Waals surface area contributed by atoms with Gasteiger partial charge < -0.3 is 44.4 Å². The van der Waals surface area contributed by atoms with Gasteiger partial charge in [-0.2, -0.15) is 0 Å². The summed E-state index contributed by atoms with van der Waals surface area (Å²) in [4.78, 5) is 0. The molecular weight excluding hydrogens is 393 g/mol.